The minimum Gasteiger partial charge on any atom is -0.492 e. The monoisotopic (exact) mass is 573 g/mol. The minimum absolute atomic E-state index is 0.177. The number of nitrogens with zero attached hydrogens (tertiary/aromatic N) is 2. The summed E-state index contributed by atoms with van der Waals surface area (Å²) >= 11 is 0. The van der Waals surface area contributed by atoms with Crippen molar-refractivity contribution in [1.29, 1.82) is 0 Å². The standard InChI is InChI=1S/C27H31N3O7S2/c1-21-3-11-25(12-4-21)38(32,33)29(2)23-7-5-22(6-8-23)27(31)28-15-18-37-24-9-13-26(14-10-24)39(34,35)30-16-19-36-20-17-30/h3-14H,15-20H2,1-2H3,(H,28,31). The van der Waals surface area contributed by atoms with Gasteiger partial charge in [0.15, 0.2) is 0 Å². The maximum Gasteiger partial charge on any atom is 0.264 e. The van der Waals surface area contributed by atoms with Gasteiger partial charge in [0.1, 0.15) is 12.4 Å². The van der Waals surface area contributed by atoms with E-state index in [1.165, 1.54) is 27.8 Å². The van der Waals surface area contributed by atoms with Crippen molar-refractivity contribution in [3.63, 3.8) is 0 Å². The van der Waals surface area contributed by atoms with E-state index in [9.17, 15) is 21.6 Å². The van der Waals surface area contributed by atoms with Crippen molar-refractivity contribution in [1.82, 2.24) is 9.62 Å². The molecule has 1 amide bonds. The highest BCUT2D eigenvalue weighted by Crippen LogP contribution is 2.23. The van der Waals surface area contributed by atoms with Gasteiger partial charge in [-0.15, -0.1) is 0 Å². The fourth-order valence-corrected chi connectivity index (χ4v) is 6.51. The first-order chi connectivity index (χ1) is 18.6. The molecule has 0 radical (unpaired) electrons. The van der Waals surface area contributed by atoms with Gasteiger partial charge in [0.2, 0.25) is 10.0 Å². The summed E-state index contributed by atoms with van der Waals surface area (Å²) in [5.74, 6) is 0.147. The highest BCUT2D eigenvalue weighted by molar-refractivity contribution is 7.92. The summed E-state index contributed by atoms with van der Waals surface area (Å²) in [6.45, 7) is 3.69. The third-order valence-electron chi connectivity index (χ3n) is 6.26. The van der Waals surface area contributed by atoms with E-state index < -0.39 is 20.0 Å². The Bertz CT molecular complexity index is 1480. The predicted molar refractivity (Wildman–Crippen MR) is 147 cm³/mol. The van der Waals surface area contributed by atoms with Gasteiger partial charge in [0, 0.05) is 25.7 Å². The average molecular weight is 574 g/mol. The summed E-state index contributed by atoms with van der Waals surface area (Å²) < 4.78 is 64.6. The topological polar surface area (TPSA) is 122 Å². The molecule has 1 saturated heterocycles. The Morgan fingerprint density at radius 2 is 1.49 bits per heavy atom. The number of sulfonamides is 2. The molecule has 0 spiro atoms. The molecule has 0 atom stereocenters. The number of morpholine rings is 1. The molecule has 1 fully saturated rings. The van der Waals surface area contributed by atoms with Crippen LogP contribution in [-0.4, -0.2) is 73.6 Å². The summed E-state index contributed by atoms with van der Waals surface area (Å²) in [6, 6.07) is 19.0. The molecule has 1 heterocycles. The summed E-state index contributed by atoms with van der Waals surface area (Å²) in [5.41, 5.74) is 1.76. The number of hydrogen-bond donors (Lipinski definition) is 1. The van der Waals surface area contributed by atoms with Crippen LogP contribution >= 0.6 is 0 Å². The molecule has 39 heavy (non-hydrogen) atoms. The lowest BCUT2D eigenvalue weighted by Crippen LogP contribution is -2.40. The first-order valence-corrected chi connectivity index (χ1v) is 15.2. The number of amides is 1. The van der Waals surface area contributed by atoms with Crippen LogP contribution in [0.2, 0.25) is 0 Å². The van der Waals surface area contributed by atoms with Gasteiger partial charge < -0.3 is 14.8 Å². The van der Waals surface area contributed by atoms with Gasteiger partial charge in [0.25, 0.3) is 15.9 Å². The summed E-state index contributed by atoms with van der Waals surface area (Å²) in [7, 11) is -5.84. The lowest BCUT2D eigenvalue weighted by Gasteiger charge is -2.26. The van der Waals surface area contributed by atoms with Gasteiger partial charge in [-0.25, -0.2) is 16.8 Å². The molecule has 0 saturated carbocycles. The number of nitrogens with one attached hydrogen (secondary N) is 1. The number of aryl methyl sites for hydroxylation is 1. The molecular weight excluding hydrogens is 542 g/mol. The molecule has 0 aliphatic carbocycles. The van der Waals surface area contributed by atoms with Crippen molar-refractivity contribution in [3.05, 3.63) is 83.9 Å². The number of carbonyl (C=O) groups excluding carboxylic acids is 1. The Morgan fingerprint density at radius 3 is 2.10 bits per heavy atom. The molecule has 0 bridgehead atoms. The van der Waals surface area contributed by atoms with Crippen LogP contribution in [0.1, 0.15) is 15.9 Å². The SMILES string of the molecule is Cc1ccc(S(=O)(=O)N(C)c2ccc(C(=O)NCCOc3ccc(S(=O)(=O)N4CCOCC4)cc3)cc2)cc1. The Hall–Kier alpha value is -3.45. The molecule has 1 N–H and O–H groups in total. The van der Waals surface area contributed by atoms with Crippen LogP contribution in [0.5, 0.6) is 5.75 Å². The zero-order valence-electron chi connectivity index (χ0n) is 21.7. The van der Waals surface area contributed by atoms with Crippen molar-refractivity contribution >= 4 is 31.6 Å². The minimum atomic E-state index is -3.73. The summed E-state index contributed by atoms with van der Waals surface area (Å²) in [5, 5.41) is 2.75. The van der Waals surface area contributed by atoms with Crippen LogP contribution in [0.15, 0.2) is 82.6 Å². The Morgan fingerprint density at radius 1 is 0.897 bits per heavy atom. The molecule has 4 rings (SSSR count). The van der Waals surface area contributed by atoms with Gasteiger partial charge in [-0.05, 0) is 67.6 Å². The number of benzene rings is 3. The third kappa shape index (κ3) is 6.77. The Labute approximate surface area is 229 Å². The molecule has 0 unspecified atom stereocenters. The summed E-state index contributed by atoms with van der Waals surface area (Å²) in [6.07, 6.45) is 0. The van der Waals surface area contributed by atoms with Crippen LogP contribution in [-0.2, 0) is 24.8 Å². The third-order valence-corrected chi connectivity index (χ3v) is 9.97. The van der Waals surface area contributed by atoms with Crippen LogP contribution in [0, 0.1) is 6.92 Å². The van der Waals surface area contributed by atoms with Crippen LogP contribution in [0.4, 0.5) is 5.69 Å². The van der Waals surface area contributed by atoms with E-state index in [1.807, 2.05) is 6.92 Å². The Balaban J connectivity index is 1.27. The molecule has 208 valence electrons. The second-order valence-electron chi connectivity index (χ2n) is 8.92. The lowest BCUT2D eigenvalue weighted by atomic mass is 10.2. The molecule has 1 aliphatic heterocycles. The van der Waals surface area contributed by atoms with E-state index in [0.29, 0.717) is 43.3 Å². The van der Waals surface area contributed by atoms with E-state index in [0.717, 1.165) is 5.56 Å². The van der Waals surface area contributed by atoms with E-state index in [2.05, 4.69) is 5.32 Å². The molecule has 3 aromatic rings. The molecule has 1 aliphatic rings. The predicted octanol–water partition coefficient (Wildman–Crippen LogP) is 2.65. The maximum atomic E-state index is 12.9. The van der Waals surface area contributed by atoms with Crippen molar-refractivity contribution < 1.29 is 31.1 Å². The van der Waals surface area contributed by atoms with E-state index >= 15 is 0 Å². The molecule has 10 nitrogen and oxygen atoms in total. The molecule has 12 heteroatoms. The largest absolute Gasteiger partial charge is 0.492 e. The van der Waals surface area contributed by atoms with E-state index in [-0.39, 0.29) is 28.8 Å². The van der Waals surface area contributed by atoms with Crippen molar-refractivity contribution in [2.75, 3.05) is 50.8 Å². The number of carbonyl (C=O) groups is 1. The summed E-state index contributed by atoms with van der Waals surface area (Å²) in [4.78, 5) is 12.9. The normalized spacial score (nSPS) is 14.5. The van der Waals surface area contributed by atoms with Gasteiger partial charge in [-0.3, -0.25) is 9.10 Å². The van der Waals surface area contributed by atoms with Gasteiger partial charge in [0.05, 0.1) is 35.2 Å². The van der Waals surface area contributed by atoms with Crippen molar-refractivity contribution in [2.45, 2.75) is 16.7 Å². The fraction of sp³-hybridized carbons (Fsp3) is 0.296. The maximum absolute atomic E-state index is 12.9. The Kier molecular flexibility index (Phi) is 8.90. The van der Waals surface area contributed by atoms with Crippen molar-refractivity contribution in [2.24, 2.45) is 0 Å². The van der Waals surface area contributed by atoms with Crippen LogP contribution in [0.25, 0.3) is 0 Å². The first kappa shape index (κ1) is 28.6. The lowest BCUT2D eigenvalue weighted by molar-refractivity contribution is 0.0730. The zero-order chi connectivity index (χ0) is 28.0. The number of hydrogen-bond acceptors (Lipinski definition) is 7. The highest BCUT2D eigenvalue weighted by Gasteiger charge is 2.26. The molecule has 0 aromatic heterocycles. The first-order valence-electron chi connectivity index (χ1n) is 12.3. The number of ether oxygens (including phenoxy) is 2. The van der Waals surface area contributed by atoms with Gasteiger partial charge >= 0.3 is 0 Å². The molecular formula is C27H31N3O7S2. The van der Waals surface area contributed by atoms with Crippen LogP contribution in [0.3, 0.4) is 0 Å². The quantitative estimate of drug-likeness (QED) is 0.370. The van der Waals surface area contributed by atoms with E-state index in [1.54, 1.807) is 60.7 Å². The van der Waals surface area contributed by atoms with Gasteiger partial charge in [-0.1, -0.05) is 17.7 Å². The fourth-order valence-electron chi connectivity index (χ4n) is 3.91. The second kappa shape index (κ2) is 12.2. The van der Waals surface area contributed by atoms with Crippen LogP contribution < -0.4 is 14.4 Å². The van der Waals surface area contributed by atoms with Crippen molar-refractivity contribution in [3.8, 4) is 5.75 Å². The molecule has 3 aromatic carbocycles. The van der Waals surface area contributed by atoms with Gasteiger partial charge in [-0.2, -0.15) is 4.31 Å². The highest BCUT2D eigenvalue weighted by atomic mass is 32.2. The van der Waals surface area contributed by atoms with E-state index in [4.69, 9.17) is 9.47 Å². The average Bonchev–Trinajstić information content (AvgIpc) is 2.96. The number of anilines is 1. The smallest absolute Gasteiger partial charge is 0.264 e. The second-order valence-corrected chi connectivity index (χ2v) is 12.8. The number of rotatable bonds is 10. The zero-order valence-corrected chi connectivity index (χ0v) is 23.4.